The van der Waals surface area contributed by atoms with Crippen molar-refractivity contribution in [3.63, 3.8) is 0 Å². The van der Waals surface area contributed by atoms with Gasteiger partial charge in [0.1, 0.15) is 11.8 Å². The molecule has 0 aliphatic rings. The molecular weight excluding hydrogens is 378 g/mol. The van der Waals surface area contributed by atoms with Crippen molar-refractivity contribution in [1.82, 2.24) is 0 Å². The summed E-state index contributed by atoms with van der Waals surface area (Å²) in [4.78, 5) is 22.9. The van der Waals surface area contributed by atoms with Gasteiger partial charge in [-0.1, -0.05) is 0 Å². The number of nitro benzene ring substituents is 1. The van der Waals surface area contributed by atoms with E-state index in [4.69, 9.17) is 14.2 Å². The highest BCUT2D eigenvalue weighted by Gasteiger charge is 2.18. The van der Waals surface area contributed by atoms with Crippen LogP contribution in [0.5, 0.6) is 17.2 Å². The van der Waals surface area contributed by atoms with Gasteiger partial charge in [0, 0.05) is 17.8 Å². The Morgan fingerprint density at radius 2 is 1.76 bits per heavy atom. The van der Waals surface area contributed by atoms with E-state index in [-0.39, 0.29) is 17.3 Å². The molecule has 0 saturated heterocycles. The number of nitro groups is 1. The molecule has 0 aliphatic carbocycles. The molecular formula is C20H25N3O6. The minimum atomic E-state index is -0.595. The molecule has 0 heterocycles. The maximum Gasteiger partial charge on any atom is 0.273 e. The number of hydrogen-bond donors (Lipinski definition) is 2. The van der Waals surface area contributed by atoms with E-state index < -0.39 is 11.0 Å². The lowest BCUT2D eigenvalue weighted by molar-refractivity contribution is -0.384. The van der Waals surface area contributed by atoms with Gasteiger partial charge in [0.05, 0.1) is 37.0 Å². The van der Waals surface area contributed by atoms with Gasteiger partial charge in [0.2, 0.25) is 5.91 Å². The van der Waals surface area contributed by atoms with Crippen LogP contribution in [0, 0.1) is 10.1 Å². The van der Waals surface area contributed by atoms with Gasteiger partial charge in [0.25, 0.3) is 5.69 Å². The van der Waals surface area contributed by atoms with Crippen molar-refractivity contribution >= 4 is 23.0 Å². The Bertz CT molecular complexity index is 871. The molecule has 9 heteroatoms. The molecule has 2 N–H and O–H groups in total. The van der Waals surface area contributed by atoms with Crippen molar-refractivity contribution < 1.29 is 23.9 Å². The second-order valence-electron chi connectivity index (χ2n) is 6.02. The molecule has 0 unspecified atom stereocenters. The molecule has 1 amide bonds. The van der Waals surface area contributed by atoms with Gasteiger partial charge in [-0.3, -0.25) is 14.9 Å². The van der Waals surface area contributed by atoms with Gasteiger partial charge >= 0.3 is 0 Å². The van der Waals surface area contributed by atoms with Crippen LogP contribution in [0.15, 0.2) is 36.4 Å². The number of rotatable bonds is 10. The van der Waals surface area contributed by atoms with Crippen LogP contribution >= 0.6 is 0 Å². The molecule has 2 rings (SSSR count). The molecule has 156 valence electrons. The van der Waals surface area contributed by atoms with E-state index in [0.717, 1.165) is 0 Å². The van der Waals surface area contributed by atoms with Gasteiger partial charge in [-0.25, -0.2) is 0 Å². The van der Waals surface area contributed by atoms with Crippen molar-refractivity contribution in [1.29, 1.82) is 0 Å². The molecule has 0 spiro atoms. The fourth-order valence-electron chi connectivity index (χ4n) is 2.59. The standard InChI is InChI=1S/C20H25N3O6/c1-5-28-17-10-7-14(11-19(17)29-6-2)21-13(3)20(24)22-16-9-8-15(23(25)26)12-18(16)27-4/h7-13,21H,5-6H2,1-4H3,(H,22,24)/t13-/m0/s1. The zero-order valence-corrected chi connectivity index (χ0v) is 16.9. The number of carbonyl (C=O) groups is 1. The molecule has 0 bridgehead atoms. The van der Waals surface area contributed by atoms with Gasteiger partial charge in [-0.05, 0) is 39.0 Å². The number of carbonyl (C=O) groups excluding carboxylic acids is 1. The number of amides is 1. The van der Waals surface area contributed by atoms with E-state index in [1.807, 2.05) is 13.8 Å². The molecule has 0 aromatic heterocycles. The summed E-state index contributed by atoms with van der Waals surface area (Å²) in [6.45, 7) is 6.47. The highest BCUT2D eigenvalue weighted by atomic mass is 16.6. The Labute approximate surface area is 169 Å². The third kappa shape index (κ3) is 5.74. The Hall–Kier alpha value is -3.49. The highest BCUT2D eigenvalue weighted by Crippen LogP contribution is 2.31. The average molecular weight is 403 g/mol. The maximum atomic E-state index is 12.6. The van der Waals surface area contributed by atoms with Crippen LogP contribution in [0.3, 0.4) is 0 Å². The molecule has 0 fully saturated rings. The van der Waals surface area contributed by atoms with Gasteiger partial charge < -0.3 is 24.8 Å². The third-order valence-corrected chi connectivity index (χ3v) is 3.97. The average Bonchev–Trinajstić information content (AvgIpc) is 2.70. The van der Waals surface area contributed by atoms with E-state index in [0.29, 0.717) is 36.1 Å². The summed E-state index contributed by atoms with van der Waals surface area (Å²) < 4.78 is 16.3. The molecule has 1 atom stereocenters. The Morgan fingerprint density at radius 3 is 2.38 bits per heavy atom. The highest BCUT2D eigenvalue weighted by molar-refractivity contribution is 5.97. The molecule has 29 heavy (non-hydrogen) atoms. The van der Waals surface area contributed by atoms with Gasteiger partial charge in [0.15, 0.2) is 11.5 Å². The second kappa shape index (κ2) is 10.2. The Kier molecular flexibility index (Phi) is 7.64. The first kappa shape index (κ1) is 21.8. The normalized spacial score (nSPS) is 11.3. The fraction of sp³-hybridized carbons (Fsp3) is 0.350. The van der Waals surface area contributed by atoms with Crippen molar-refractivity contribution in [3.05, 3.63) is 46.5 Å². The third-order valence-electron chi connectivity index (χ3n) is 3.97. The number of methoxy groups -OCH3 is 1. The minimum Gasteiger partial charge on any atom is -0.494 e. The number of nitrogens with zero attached hydrogens (tertiary/aromatic N) is 1. The lowest BCUT2D eigenvalue weighted by atomic mass is 10.2. The van der Waals surface area contributed by atoms with E-state index in [1.54, 1.807) is 25.1 Å². The van der Waals surface area contributed by atoms with Crippen LogP contribution in [0.2, 0.25) is 0 Å². The van der Waals surface area contributed by atoms with Crippen LogP contribution in [0.4, 0.5) is 17.1 Å². The number of non-ortho nitro benzene ring substituents is 1. The molecule has 0 radical (unpaired) electrons. The fourth-order valence-corrected chi connectivity index (χ4v) is 2.59. The first-order valence-corrected chi connectivity index (χ1v) is 9.19. The Morgan fingerprint density at radius 1 is 1.07 bits per heavy atom. The number of anilines is 2. The summed E-state index contributed by atoms with van der Waals surface area (Å²) in [6.07, 6.45) is 0. The van der Waals surface area contributed by atoms with E-state index >= 15 is 0 Å². The summed E-state index contributed by atoms with van der Waals surface area (Å²) in [7, 11) is 1.38. The number of benzene rings is 2. The lowest BCUT2D eigenvalue weighted by Gasteiger charge is -2.18. The number of ether oxygens (including phenoxy) is 3. The van der Waals surface area contributed by atoms with Gasteiger partial charge in [-0.2, -0.15) is 0 Å². The topological polar surface area (TPSA) is 112 Å². The van der Waals surface area contributed by atoms with Crippen LogP contribution < -0.4 is 24.8 Å². The van der Waals surface area contributed by atoms with Crippen molar-refractivity contribution in [2.45, 2.75) is 26.8 Å². The largest absolute Gasteiger partial charge is 0.494 e. The maximum absolute atomic E-state index is 12.6. The summed E-state index contributed by atoms with van der Waals surface area (Å²) >= 11 is 0. The lowest BCUT2D eigenvalue weighted by Crippen LogP contribution is -2.32. The summed E-state index contributed by atoms with van der Waals surface area (Å²) in [6, 6.07) is 8.74. The smallest absolute Gasteiger partial charge is 0.273 e. The quantitative estimate of drug-likeness (QED) is 0.458. The Balaban J connectivity index is 2.11. The zero-order chi connectivity index (χ0) is 21.4. The molecule has 2 aromatic carbocycles. The number of nitrogens with one attached hydrogen (secondary N) is 2. The molecule has 0 saturated carbocycles. The first-order chi connectivity index (χ1) is 13.9. The first-order valence-electron chi connectivity index (χ1n) is 9.19. The number of hydrogen-bond acceptors (Lipinski definition) is 7. The van der Waals surface area contributed by atoms with Crippen LogP contribution in [0.25, 0.3) is 0 Å². The van der Waals surface area contributed by atoms with E-state index in [9.17, 15) is 14.9 Å². The van der Waals surface area contributed by atoms with Crippen molar-refractivity contribution in [2.24, 2.45) is 0 Å². The monoisotopic (exact) mass is 403 g/mol. The van der Waals surface area contributed by atoms with E-state index in [1.165, 1.54) is 25.3 Å². The van der Waals surface area contributed by atoms with E-state index in [2.05, 4.69) is 10.6 Å². The van der Waals surface area contributed by atoms with Gasteiger partial charge in [-0.15, -0.1) is 0 Å². The molecule has 9 nitrogen and oxygen atoms in total. The molecule has 0 aliphatic heterocycles. The van der Waals surface area contributed by atoms with Crippen LogP contribution in [-0.2, 0) is 4.79 Å². The van der Waals surface area contributed by atoms with Crippen molar-refractivity contribution in [3.8, 4) is 17.2 Å². The minimum absolute atomic E-state index is 0.121. The predicted octanol–water partition coefficient (Wildman–Crippen LogP) is 3.84. The van der Waals surface area contributed by atoms with Crippen LogP contribution in [0.1, 0.15) is 20.8 Å². The summed E-state index contributed by atoms with van der Waals surface area (Å²) in [5.41, 5.74) is 0.914. The summed E-state index contributed by atoms with van der Waals surface area (Å²) in [5.74, 6) is 1.10. The summed E-state index contributed by atoms with van der Waals surface area (Å²) in [5, 5.41) is 16.7. The SMILES string of the molecule is CCOc1ccc(N[C@@H](C)C(=O)Nc2ccc([N+](=O)[O-])cc2OC)cc1OCC. The predicted molar refractivity (Wildman–Crippen MR) is 110 cm³/mol. The zero-order valence-electron chi connectivity index (χ0n) is 16.9. The van der Waals surface area contributed by atoms with Crippen molar-refractivity contribution in [2.75, 3.05) is 31.0 Å². The molecule has 2 aromatic rings. The second-order valence-corrected chi connectivity index (χ2v) is 6.02. The van der Waals surface area contributed by atoms with Crippen LogP contribution in [-0.4, -0.2) is 37.2 Å².